The average Bonchev–Trinajstić information content (AvgIpc) is 2.44. The summed E-state index contributed by atoms with van der Waals surface area (Å²) in [6.45, 7) is 0.853. The second-order valence-electron chi connectivity index (χ2n) is 5.20. The highest BCUT2D eigenvalue weighted by Crippen LogP contribution is 2.26. The minimum absolute atomic E-state index is 0.0642. The number of carbonyl (C=O) groups excluding carboxylic acids is 1. The summed E-state index contributed by atoms with van der Waals surface area (Å²) < 4.78 is 0. The molecule has 0 aliphatic heterocycles. The summed E-state index contributed by atoms with van der Waals surface area (Å²) in [5.74, 6) is -0.341. The lowest BCUT2D eigenvalue weighted by Crippen LogP contribution is -2.37. The van der Waals surface area contributed by atoms with Gasteiger partial charge in [-0.1, -0.05) is 0 Å². The number of aliphatic hydroxyl groups is 2. The fourth-order valence-corrected chi connectivity index (χ4v) is 1.56. The van der Waals surface area contributed by atoms with E-state index in [1.807, 2.05) is 0 Å². The van der Waals surface area contributed by atoms with Crippen molar-refractivity contribution in [1.82, 2.24) is 4.90 Å². The van der Waals surface area contributed by atoms with Gasteiger partial charge in [0.1, 0.15) is 11.3 Å². The molecule has 116 valence electrons. The first-order valence-electron chi connectivity index (χ1n) is 6.25. The Hall–Kier alpha value is -2.19. The first kappa shape index (κ1) is 16.9. The van der Waals surface area contributed by atoms with E-state index in [2.05, 4.69) is 5.32 Å². The van der Waals surface area contributed by atoms with Gasteiger partial charge in [0.15, 0.2) is 0 Å². The number of anilines is 1. The molecule has 0 heterocycles. The van der Waals surface area contributed by atoms with Crippen molar-refractivity contribution in [3.63, 3.8) is 0 Å². The molecule has 21 heavy (non-hydrogen) atoms. The Morgan fingerprint density at radius 1 is 1.48 bits per heavy atom. The van der Waals surface area contributed by atoms with Crippen molar-refractivity contribution in [2.75, 3.05) is 32.6 Å². The molecule has 0 fully saturated rings. The largest absolute Gasteiger partial charge is 0.393 e. The van der Waals surface area contributed by atoms with Crippen molar-refractivity contribution < 1.29 is 19.9 Å². The molecule has 1 aromatic carbocycles. The van der Waals surface area contributed by atoms with Gasteiger partial charge in [0.05, 0.1) is 11.5 Å². The standard InChI is InChI=1S/C13H19N3O5/c1-13(19,8-17)7-14-10-5-4-9(12(18)15(2)3)6-11(10)16(20)21/h4-6,14,17,19H,7-8H2,1-3H3. The lowest BCUT2D eigenvalue weighted by atomic mass is 10.1. The van der Waals surface area contributed by atoms with Gasteiger partial charge in [-0.2, -0.15) is 0 Å². The van der Waals surface area contributed by atoms with Gasteiger partial charge < -0.3 is 20.4 Å². The molecule has 1 amide bonds. The zero-order valence-corrected chi connectivity index (χ0v) is 12.2. The van der Waals surface area contributed by atoms with Crippen molar-refractivity contribution >= 4 is 17.3 Å². The van der Waals surface area contributed by atoms with Crippen molar-refractivity contribution in [2.45, 2.75) is 12.5 Å². The number of nitro groups is 1. The smallest absolute Gasteiger partial charge is 0.293 e. The van der Waals surface area contributed by atoms with Crippen LogP contribution in [-0.4, -0.2) is 58.8 Å². The molecule has 3 N–H and O–H groups in total. The third-order valence-electron chi connectivity index (χ3n) is 2.85. The van der Waals surface area contributed by atoms with Crippen LogP contribution >= 0.6 is 0 Å². The molecule has 0 saturated carbocycles. The quantitative estimate of drug-likeness (QED) is 0.518. The highest BCUT2D eigenvalue weighted by atomic mass is 16.6. The molecule has 8 heteroatoms. The number of carbonyl (C=O) groups is 1. The summed E-state index contributed by atoms with van der Waals surface area (Å²) in [5.41, 5.74) is -1.29. The van der Waals surface area contributed by atoms with Crippen LogP contribution in [0.25, 0.3) is 0 Å². The van der Waals surface area contributed by atoms with Gasteiger partial charge in [-0.25, -0.2) is 0 Å². The third-order valence-corrected chi connectivity index (χ3v) is 2.85. The predicted molar refractivity (Wildman–Crippen MR) is 77.3 cm³/mol. The molecular formula is C13H19N3O5. The van der Waals surface area contributed by atoms with E-state index in [0.717, 1.165) is 0 Å². The normalized spacial score (nSPS) is 13.4. The number of hydrogen-bond acceptors (Lipinski definition) is 6. The van der Waals surface area contributed by atoms with E-state index in [0.29, 0.717) is 0 Å². The monoisotopic (exact) mass is 297 g/mol. The third kappa shape index (κ3) is 4.40. The number of amides is 1. The molecule has 0 aliphatic carbocycles. The Morgan fingerprint density at radius 2 is 2.10 bits per heavy atom. The Kier molecular flexibility index (Phi) is 5.23. The topological polar surface area (TPSA) is 116 Å². The van der Waals surface area contributed by atoms with Crippen LogP contribution in [0.1, 0.15) is 17.3 Å². The molecule has 1 atom stereocenters. The average molecular weight is 297 g/mol. The maximum Gasteiger partial charge on any atom is 0.293 e. The summed E-state index contributed by atoms with van der Waals surface area (Å²) in [6.07, 6.45) is 0. The molecule has 0 aliphatic rings. The minimum Gasteiger partial charge on any atom is -0.393 e. The van der Waals surface area contributed by atoms with Crippen LogP contribution in [0.3, 0.4) is 0 Å². The molecule has 1 aromatic rings. The number of nitro benzene ring substituents is 1. The molecule has 0 saturated heterocycles. The van der Waals surface area contributed by atoms with E-state index < -0.39 is 17.1 Å². The van der Waals surface area contributed by atoms with E-state index in [1.54, 1.807) is 14.1 Å². The zero-order valence-electron chi connectivity index (χ0n) is 12.2. The van der Waals surface area contributed by atoms with Gasteiger partial charge >= 0.3 is 0 Å². The van der Waals surface area contributed by atoms with E-state index in [9.17, 15) is 20.0 Å². The fraction of sp³-hybridized carbons (Fsp3) is 0.462. The van der Waals surface area contributed by atoms with Gasteiger partial charge in [0.2, 0.25) is 0 Å². The van der Waals surface area contributed by atoms with Crippen LogP contribution in [0, 0.1) is 10.1 Å². The predicted octanol–water partition coefficient (Wildman–Crippen LogP) is 0.452. The Balaban J connectivity index is 3.06. The van der Waals surface area contributed by atoms with Crippen molar-refractivity contribution in [1.29, 1.82) is 0 Å². The van der Waals surface area contributed by atoms with Gasteiger partial charge in [0.25, 0.3) is 11.6 Å². The van der Waals surface area contributed by atoms with Crippen molar-refractivity contribution in [3.05, 3.63) is 33.9 Å². The summed E-state index contributed by atoms with van der Waals surface area (Å²) >= 11 is 0. The van der Waals surface area contributed by atoms with Crippen LogP contribution in [0.15, 0.2) is 18.2 Å². The molecule has 0 aromatic heterocycles. The summed E-state index contributed by atoms with van der Waals surface area (Å²) in [5, 5.41) is 32.4. The lowest BCUT2D eigenvalue weighted by Gasteiger charge is -2.21. The summed E-state index contributed by atoms with van der Waals surface area (Å²) in [6, 6.07) is 4.05. The first-order valence-corrected chi connectivity index (χ1v) is 6.25. The van der Waals surface area contributed by atoms with Gasteiger partial charge in [-0.05, 0) is 19.1 Å². The van der Waals surface area contributed by atoms with Crippen LogP contribution in [0.2, 0.25) is 0 Å². The summed E-state index contributed by atoms with van der Waals surface area (Å²) in [7, 11) is 3.11. The number of hydrogen-bond donors (Lipinski definition) is 3. The molecule has 1 rings (SSSR count). The molecule has 8 nitrogen and oxygen atoms in total. The van der Waals surface area contributed by atoms with E-state index in [-0.39, 0.29) is 29.4 Å². The Morgan fingerprint density at radius 3 is 2.57 bits per heavy atom. The second kappa shape index (κ2) is 6.51. The number of nitrogens with zero attached hydrogens (tertiary/aromatic N) is 2. The molecule has 0 radical (unpaired) electrons. The van der Waals surface area contributed by atoms with E-state index in [1.165, 1.54) is 30.0 Å². The summed E-state index contributed by atoms with van der Waals surface area (Å²) in [4.78, 5) is 23.6. The molecule has 1 unspecified atom stereocenters. The second-order valence-corrected chi connectivity index (χ2v) is 5.20. The maximum absolute atomic E-state index is 11.8. The Labute approximate surface area is 122 Å². The van der Waals surface area contributed by atoms with E-state index >= 15 is 0 Å². The molecular weight excluding hydrogens is 278 g/mol. The highest BCUT2D eigenvalue weighted by Gasteiger charge is 2.22. The van der Waals surface area contributed by atoms with Crippen LogP contribution < -0.4 is 5.32 Å². The van der Waals surface area contributed by atoms with Crippen LogP contribution in [-0.2, 0) is 0 Å². The lowest BCUT2D eigenvalue weighted by molar-refractivity contribution is -0.384. The van der Waals surface area contributed by atoms with Crippen molar-refractivity contribution in [3.8, 4) is 0 Å². The maximum atomic E-state index is 11.8. The molecule has 0 bridgehead atoms. The zero-order chi connectivity index (χ0) is 16.2. The van der Waals surface area contributed by atoms with E-state index in [4.69, 9.17) is 5.11 Å². The Bertz CT molecular complexity index is 543. The van der Waals surface area contributed by atoms with Crippen LogP contribution in [0.5, 0.6) is 0 Å². The minimum atomic E-state index is -1.40. The number of benzene rings is 1. The highest BCUT2D eigenvalue weighted by molar-refractivity contribution is 5.95. The van der Waals surface area contributed by atoms with Gasteiger partial charge in [0, 0.05) is 32.3 Å². The van der Waals surface area contributed by atoms with Gasteiger partial charge in [-0.15, -0.1) is 0 Å². The SMILES string of the molecule is CN(C)C(=O)c1ccc(NCC(C)(O)CO)c([N+](=O)[O-])c1. The van der Waals surface area contributed by atoms with Gasteiger partial charge in [-0.3, -0.25) is 14.9 Å². The van der Waals surface area contributed by atoms with Crippen molar-refractivity contribution in [2.24, 2.45) is 0 Å². The number of aliphatic hydroxyl groups excluding tert-OH is 1. The van der Waals surface area contributed by atoms with Crippen LogP contribution in [0.4, 0.5) is 11.4 Å². The molecule has 0 spiro atoms. The first-order chi connectivity index (χ1) is 9.68. The fourth-order valence-electron chi connectivity index (χ4n) is 1.56. The number of nitrogens with one attached hydrogen (secondary N) is 1. The number of rotatable bonds is 6.